The van der Waals surface area contributed by atoms with E-state index in [9.17, 15) is 0 Å². The Labute approximate surface area is 108 Å². The molecule has 3 unspecified atom stereocenters. The number of methoxy groups -OCH3 is 2. The predicted octanol–water partition coefficient (Wildman–Crippen LogP) is 2.13. The first kappa shape index (κ1) is 13.2. The molecule has 0 amide bonds. The van der Waals surface area contributed by atoms with Gasteiger partial charge in [-0.3, -0.25) is 0 Å². The zero-order valence-corrected chi connectivity index (χ0v) is 11.2. The number of benzene rings is 1. The smallest absolute Gasteiger partial charge is 0.122 e. The van der Waals surface area contributed by atoms with Crippen LogP contribution in [0, 0.1) is 5.92 Å². The summed E-state index contributed by atoms with van der Waals surface area (Å²) in [5.41, 5.74) is 7.35. The maximum absolute atomic E-state index is 6.32. The Bertz CT molecular complexity index is 386. The van der Waals surface area contributed by atoms with Gasteiger partial charge < -0.3 is 19.9 Å². The van der Waals surface area contributed by atoms with Crippen molar-refractivity contribution in [1.29, 1.82) is 0 Å². The van der Waals surface area contributed by atoms with Gasteiger partial charge in [-0.05, 0) is 31.0 Å². The summed E-state index contributed by atoms with van der Waals surface area (Å²) in [5.74, 6) is 1.90. The summed E-state index contributed by atoms with van der Waals surface area (Å²) in [6.07, 6.45) is 1.30. The highest BCUT2D eigenvalue weighted by molar-refractivity contribution is 5.40. The Morgan fingerprint density at radius 2 is 1.83 bits per heavy atom. The Morgan fingerprint density at radius 1 is 1.22 bits per heavy atom. The third kappa shape index (κ3) is 2.76. The predicted molar refractivity (Wildman–Crippen MR) is 70.0 cm³/mol. The topological polar surface area (TPSA) is 53.7 Å². The van der Waals surface area contributed by atoms with Crippen molar-refractivity contribution in [2.75, 3.05) is 20.8 Å². The maximum Gasteiger partial charge on any atom is 0.122 e. The number of hydrogen-bond donors (Lipinski definition) is 1. The zero-order chi connectivity index (χ0) is 13.1. The second-order valence-electron chi connectivity index (χ2n) is 4.81. The van der Waals surface area contributed by atoms with E-state index in [0.717, 1.165) is 30.1 Å². The van der Waals surface area contributed by atoms with Gasteiger partial charge in [0, 0.05) is 18.0 Å². The minimum atomic E-state index is -0.0426. The fourth-order valence-corrected chi connectivity index (χ4v) is 2.39. The molecule has 1 aromatic carbocycles. The van der Waals surface area contributed by atoms with Gasteiger partial charge in [-0.25, -0.2) is 0 Å². The molecule has 0 aromatic heterocycles. The molecule has 1 aliphatic rings. The molecule has 0 radical (unpaired) electrons. The van der Waals surface area contributed by atoms with Crippen molar-refractivity contribution in [1.82, 2.24) is 0 Å². The monoisotopic (exact) mass is 251 g/mol. The molecule has 0 spiro atoms. The van der Waals surface area contributed by atoms with Gasteiger partial charge in [0.15, 0.2) is 0 Å². The Balaban J connectivity index is 2.20. The van der Waals surface area contributed by atoms with E-state index < -0.39 is 0 Å². The number of rotatable bonds is 4. The molecular formula is C14H21NO3. The summed E-state index contributed by atoms with van der Waals surface area (Å²) in [6.45, 7) is 2.81. The van der Waals surface area contributed by atoms with Gasteiger partial charge in [0.05, 0.1) is 26.9 Å². The van der Waals surface area contributed by atoms with Crippen LogP contribution in [0.3, 0.4) is 0 Å². The van der Waals surface area contributed by atoms with Gasteiger partial charge in [-0.15, -0.1) is 0 Å². The molecule has 0 aliphatic carbocycles. The van der Waals surface area contributed by atoms with E-state index in [-0.39, 0.29) is 6.04 Å². The second-order valence-corrected chi connectivity index (χ2v) is 4.81. The normalized spacial score (nSPS) is 24.9. The lowest BCUT2D eigenvalue weighted by Gasteiger charge is -2.19. The largest absolute Gasteiger partial charge is 0.497 e. The van der Waals surface area contributed by atoms with Crippen LogP contribution < -0.4 is 15.2 Å². The first-order chi connectivity index (χ1) is 8.63. The van der Waals surface area contributed by atoms with Crippen molar-refractivity contribution < 1.29 is 14.2 Å². The Kier molecular flexibility index (Phi) is 4.09. The summed E-state index contributed by atoms with van der Waals surface area (Å²) in [5, 5.41) is 0. The van der Waals surface area contributed by atoms with Gasteiger partial charge in [0.25, 0.3) is 0 Å². The minimum Gasteiger partial charge on any atom is -0.497 e. The molecule has 100 valence electrons. The summed E-state index contributed by atoms with van der Waals surface area (Å²) in [4.78, 5) is 0. The maximum atomic E-state index is 6.32. The lowest BCUT2D eigenvalue weighted by Crippen LogP contribution is -2.21. The van der Waals surface area contributed by atoms with Crippen LogP contribution in [0.2, 0.25) is 0 Å². The number of hydrogen-bond acceptors (Lipinski definition) is 4. The van der Waals surface area contributed by atoms with E-state index in [1.165, 1.54) is 0 Å². The van der Waals surface area contributed by atoms with Crippen LogP contribution >= 0.6 is 0 Å². The van der Waals surface area contributed by atoms with Crippen molar-refractivity contribution >= 4 is 0 Å². The molecule has 0 bridgehead atoms. The van der Waals surface area contributed by atoms with Gasteiger partial charge in [-0.2, -0.15) is 0 Å². The molecule has 1 heterocycles. The summed E-state index contributed by atoms with van der Waals surface area (Å²) in [7, 11) is 3.29. The van der Waals surface area contributed by atoms with Gasteiger partial charge >= 0.3 is 0 Å². The van der Waals surface area contributed by atoms with Crippen LogP contribution in [0.15, 0.2) is 18.2 Å². The van der Waals surface area contributed by atoms with Crippen LogP contribution in [0.5, 0.6) is 11.5 Å². The number of nitrogens with two attached hydrogens (primary N) is 1. The van der Waals surface area contributed by atoms with Crippen molar-refractivity contribution in [3.8, 4) is 11.5 Å². The van der Waals surface area contributed by atoms with E-state index >= 15 is 0 Å². The number of ether oxygens (including phenoxy) is 3. The summed E-state index contributed by atoms with van der Waals surface area (Å²) >= 11 is 0. The van der Waals surface area contributed by atoms with E-state index in [1.807, 2.05) is 18.2 Å². The first-order valence-electron chi connectivity index (χ1n) is 6.24. The fourth-order valence-electron chi connectivity index (χ4n) is 2.39. The van der Waals surface area contributed by atoms with Gasteiger partial charge in [0.2, 0.25) is 0 Å². The Morgan fingerprint density at radius 3 is 2.28 bits per heavy atom. The standard InChI is InChI=1S/C14H21NO3/c1-9-4-11(8-18-9)14(15)10-5-12(16-2)7-13(6-10)17-3/h5-7,9,11,14H,4,8,15H2,1-3H3. The lowest BCUT2D eigenvalue weighted by molar-refractivity contribution is 0.118. The molecule has 2 N–H and O–H groups in total. The van der Waals surface area contributed by atoms with Crippen molar-refractivity contribution in [3.05, 3.63) is 23.8 Å². The highest BCUT2D eigenvalue weighted by atomic mass is 16.5. The minimum absolute atomic E-state index is 0.0426. The van der Waals surface area contributed by atoms with Crippen molar-refractivity contribution in [2.24, 2.45) is 11.7 Å². The fraction of sp³-hybridized carbons (Fsp3) is 0.571. The highest BCUT2D eigenvalue weighted by Crippen LogP contribution is 2.33. The van der Waals surface area contributed by atoms with E-state index in [2.05, 4.69) is 6.92 Å². The SMILES string of the molecule is COc1cc(OC)cc(C(N)C2COC(C)C2)c1. The van der Waals surface area contributed by atoms with E-state index in [0.29, 0.717) is 12.0 Å². The average molecular weight is 251 g/mol. The zero-order valence-electron chi connectivity index (χ0n) is 11.2. The summed E-state index contributed by atoms with van der Waals surface area (Å²) < 4.78 is 16.1. The molecule has 2 rings (SSSR count). The second kappa shape index (κ2) is 5.59. The molecular weight excluding hydrogens is 230 g/mol. The van der Waals surface area contributed by atoms with Gasteiger partial charge in [0.1, 0.15) is 11.5 Å². The molecule has 0 saturated carbocycles. The third-order valence-electron chi connectivity index (χ3n) is 3.50. The molecule has 1 saturated heterocycles. The summed E-state index contributed by atoms with van der Waals surface area (Å²) in [6, 6.07) is 5.75. The van der Waals surface area contributed by atoms with Crippen molar-refractivity contribution in [2.45, 2.75) is 25.5 Å². The van der Waals surface area contributed by atoms with Crippen LogP contribution in [-0.4, -0.2) is 26.9 Å². The van der Waals surface area contributed by atoms with Crippen LogP contribution in [-0.2, 0) is 4.74 Å². The molecule has 3 atom stereocenters. The molecule has 4 heteroatoms. The molecule has 1 aromatic rings. The molecule has 1 aliphatic heterocycles. The van der Waals surface area contributed by atoms with Crippen LogP contribution in [0.25, 0.3) is 0 Å². The average Bonchev–Trinajstić information content (AvgIpc) is 2.83. The van der Waals surface area contributed by atoms with Crippen molar-refractivity contribution in [3.63, 3.8) is 0 Å². The van der Waals surface area contributed by atoms with Gasteiger partial charge in [-0.1, -0.05) is 0 Å². The first-order valence-corrected chi connectivity index (χ1v) is 6.24. The van der Waals surface area contributed by atoms with Crippen LogP contribution in [0.4, 0.5) is 0 Å². The third-order valence-corrected chi connectivity index (χ3v) is 3.50. The van der Waals surface area contributed by atoms with Crippen LogP contribution in [0.1, 0.15) is 24.9 Å². The Hall–Kier alpha value is -1.26. The van der Waals surface area contributed by atoms with E-state index in [4.69, 9.17) is 19.9 Å². The molecule has 1 fully saturated rings. The van der Waals surface area contributed by atoms with E-state index in [1.54, 1.807) is 14.2 Å². The molecule has 18 heavy (non-hydrogen) atoms. The lowest BCUT2D eigenvalue weighted by atomic mass is 9.91. The highest BCUT2D eigenvalue weighted by Gasteiger charge is 2.28. The quantitative estimate of drug-likeness (QED) is 0.890. The molecule has 4 nitrogen and oxygen atoms in total.